The topological polar surface area (TPSA) is 77.3 Å². The van der Waals surface area contributed by atoms with Gasteiger partial charge in [0, 0.05) is 13.1 Å². The molecule has 144 valence electrons. The van der Waals surface area contributed by atoms with Crippen molar-refractivity contribution in [3.05, 3.63) is 59.7 Å². The van der Waals surface area contributed by atoms with E-state index >= 15 is 0 Å². The van der Waals surface area contributed by atoms with E-state index < -0.39 is 0 Å². The number of likely N-dealkylation sites (tertiary alicyclic amines) is 1. The molecule has 1 fully saturated rings. The fourth-order valence-corrected chi connectivity index (χ4v) is 3.74. The molecule has 1 unspecified atom stereocenters. The first-order chi connectivity index (χ1) is 13.6. The summed E-state index contributed by atoms with van der Waals surface area (Å²) >= 11 is 0. The van der Waals surface area contributed by atoms with Crippen LogP contribution in [0.3, 0.4) is 0 Å². The van der Waals surface area contributed by atoms with Crippen LogP contribution in [0.1, 0.15) is 22.3 Å². The number of amides is 1. The maximum absolute atomic E-state index is 12.7. The van der Waals surface area contributed by atoms with Gasteiger partial charge in [0.15, 0.2) is 0 Å². The number of hydrogen-bond acceptors (Lipinski definition) is 5. The molecular weight excluding hydrogens is 356 g/mol. The molecule has 4 rings (SSSR count). The predicted molar refractivity (Wildman–Crippen MR) is 104 cm³/mol. The van der Waals surface area contributed by atoms with Gasteiger partial charge >= 0.3 is 5.97 Å². The van der Waals surface area contributed by atoms with Crippen LogP contribution in [0.2, 0.25) is 0 Å². The van der Waals surface area contributed by atoms with E-state index in [2.05, 4.69) is 10.2 Å². The average molecular weight is 378 g/mol. The second kappa shape index (κ2) is 7.80. The van der Waals surface area contributed by atoms with Gasteiger partial charge in [-0.1, -0.05) is 30.3 Å². The summed E-state index contributed by atoms with van der Waals surface area (Å²) in [5, 5.41) is 8.72. The summed E-state index contributed by atoms with van der Waals surface area (Å²) in [7, 11) is 1.39. The van der Waals surface area contributed by atoms with Gasteiger partial charge in [-0.3, -0.25) is 4.79 Å². The minimum Gasteiger partial charge on any atom is -0.465 e. The molecule has 1 aliphatic heterocycles. The summed E-state index contributed by atoms with van der Waals surface area (Å²) in [6.45, 7) is 1.53. The van der Waals surface area contributed by atoms with E-state index in [1.54, 1.807) is 6.07 Å². The Hall–Kier alpha value is -3.22. The highest BCUT2D eigenvalue weighted by Gasteiger charge is 2.28. The molecule has 1 aromatic heterocycles. The number of rotatable bonds is 5. The number of ether oxygens (including phenoxy) is 1. The Morgan fingerprint density at radius 3 is 2.46 bits per heavy atom. The summed E-state index contributed by atoms with van der Waals surface area (Å²) in [6.07, 6.45) is 1.66. The van der Waals surface area contributed by atoms with Crippen LogP contribution in [0.25, 0.3) is 11.0 Å². The monoisotopic (exact) mass is 378 g/mol. The highest BCUT2D eigenvalue weighted by molar-refractivity contribution is 5.91. The van der Waals surface area contributed by atoms with Crippen LogP contribution in [0, 0.1) is 5.92 Å². The van der Waals surface area contributed by atoms with E-state index in [-0.39, 0.29) is 18.4 Å². The van der Waals surface area contributed by atoms with E-state index in [4.69, 9.17) is 4.74 Å². The molecule has 28 heavy (non-hydrogen) atoms. The first kappa shape index (κ1) is 18.2. The summed E-state index contributed by atoms with van der Waals surface area (Å²) in [5.41, 5.74) is 3.14. The SMILES string of the molecule is COC(=O)c1ccccc1CC1CCN(C(=O)Cn2nc3ccccc3n2)C1. The molecule has 0 N–H and O–H groups in total. The van der Waals surface area contributed by atoms with Gasteiger partial charge < -0.3 is 9.64 Å². The van der Waals surface area contributed by atoms with Gasteiger partial charge in [-0.2, -0.15) is 15.0 Å². The molecule has 1 saturated heterocycles. The number of benzene rings is 2. The van der Waals surface area contributed by atoms with Crippen molar-refractivity contribution in [2.45, 2.75) is 19.4 Å². The van der Waals surface area contributed by atoms with Crippen LogP contribution >= 0.6 is 0 Å². The van der Waals surface area contributed by atoms with Crippen molar-refractivity contribution in [1.82, 2.24) is 19.9 Å². The molecule has 1 aliphatic rings. The zero-order valence-electron chi connectivity index (χ0n) is 15.7. The molecule has 2 heterocycles. The predicted octanol–water partition coefficient (Wildman–Crippen LogP) is 2.31. The molecule has 0 spiro atoms. The van der Waals surface area contributed by atoms with Crippen LogP contribution < -0.4 is 0 Å². The number of methoxy groups -OCH3 is 1. The fraction of sp³-hybridized carbons (Fsp3) is 0.333. The molecule has 3 aromatic rings. The number of hydrogen-bond donors (Lipinski definition) is 0. The van der Waals surface area contributed by atoms with Crippen LogP contribution in [0.5, 0.6) is 0 Å². The third kappa shape index (κ3) is 3.74. The van der Waals surface area contributed by atoms with E-state index in [0.717, 1.165) is 29.4 Å². The molecule has 7 heteroatoms. The summed E-state index contributed by atoms with van der Waals surface area (Å²) in [5.74, 6) is 0.0156. The molecule has 1 atom stereocenters. The third-order valence-corrected chi connectivity index (χ3v) is 5.17. The lowest BCUT2D eigenvalue weighted by molar-refractivity contribution is -0.131. The maximum Gasteiger partial charge on any atom is 0.338 e. The fourth-order valence-electron chi connectivity index (χ4n) is 3.74. The zero-order valence-corrected chi connectivity index (χ0v) is 15.7. The van der Waals surface area contributed by atoms with Crippen molar-refractivity contribution in [2.75, 3.05) is 20.2 Å². The van der Waals surface area contributed by atoms with Crippen molar-refractivity contribution in [3.63, 3.8) is 0 Å². The molecule has 0 radical (unpaired) electrons. The minimum atomic E-state index is -0.321. The molecule has 0 aliphatic carbocycles. The molecule has 2 aromatic carbocycles. The van der Waals surface area contributed by atoms with Crippen molar-refractivity contribution >= 4 is 22.9 Å². The minimum absolute atomic E-state index is 0.0176. The highest BCUT2D eigenvalue weighted by Crippen LogP contribution is 2.23. The molecule has 7 nitrogen and oxygen atoms in total. The van der Waals surface area contributed by atoms with Crippen LogP contribution in [-0.2, 0) is 22.5 Å². The molecular formula is C21H22N4O3. The van der Waals surface area contributed by atoms with Crippen LogP contribution in [0.4, 0.5) is 0 Å². The van der Waals surface area contributed by atoms with E-state index in [9.17, 15) is 9.59 Å². The Kier molecular flexibility index (Phi) is 5.06. The van der Waals surface area contributed by atoms with Gasteiger partial charge in [0.2, 0.25) is 5.91 Å². The smallest absolute Gasteiger partial charge is 0.338 e. The molecule has 1 amide bonds. The lowest BCUT2D eigenvalue weighted by atomic mass is 9.95. The van der Waals surface area contributed by atoms with Gasteiger partial charge in [-0.25, -0.2) is 4.79 Å². The summed E-state index contributed by atoms with van der Waals surface area (Å²) in [6, 6.07) is 15.1. The Morgan fingerprint density at radius 2 is 1.75 bits per heavy atom. The Balaban J connectivity index is 1.39. The lowest BCUT2D eigenvalue weighted by Crippen LogP contribution is -2.32. The Labute approximate surface area is 162 Å². The number of carbonyl (C=O) groups is 2. The largest absolute Gasteiger partial charge is 0.465 e. The van der Waals surface area contributed by atoms with Gasteiger partial charge in [0.05, 0.1) is 12.7 Å². The van der Waals surface area contributed by atoms with E-state index in [1.165, 1.54) is 11.9 Å². The number of carbonyl (C=O) groups excluding carboxylic acids is 2. The summed E-state index contributed by atoms with van der Waals surface area (Å²) < 4.78 is 4.87. The number of fused-ring (bicyclic) bond motifs is 1. The van der Waals surface area contributed by atoms with Gasteiger partial charge in [-0.05, 0) is 42.5 Å². The average Bonchev–Trinajstić information content (AvgIpc) is 3.34. The van der Waals surface area contributed by atoms with Crippen LogP contribution in [-0.4, -0.2) is 52.0 Å². The van der Waals surface area contributed by atoms with Crippen molar-refractivity contribution in [3.8, 4) is 0 Å². The Morgan fingerprint density at radius 1 is 1.07 bits per heavy atom. The quantitative estimate of drug-likeness (QED) is 0.637. The zero-order chi connectivity index (χ0) is 19.5. The van der Waals surface area contributed by atoms with Gasteiger partial charge in [0.1, 0.15) is 17.6 Å². The lowest BCUT2D eigenvalue weighted by Gasteiger charge is -2.17. The summed E-state index contributed by atoms with van der Waals surface area (Å²) in [4.78, 5) is 27.9. The van der Waals surface area contributed by atoms with Gasteiger partial charge in [0.25, 0.3) is 0 Å². The first-order valence-electron chi connectivity index (χ1n) is 9.38. The first-order valence-corrected chi connectivity index (χ1v) is 9.38. The van der Waals surface area contributed by atoms with Crippen molar-refractivity contribution in [2.24, 2.45) is 5.92 Å². The second-order valence-electron chi connectivity index (χ2n) is 7.07. The van der Waals surface area contributed by atoms with Crippen molar-refractivity contribution in [1.29, 1.82) is 0 Å². The van der Waals surface area contributed by atoms with Gasteiger partial charge in [-0.15, -0.1) is 0 Å². The van der Waals surface area contributed by atoms with Crippen molar-refractivity contribution < 1.29 is 14.3 Å². The van der Waals surface area contributed by atoms with Crippen LogP contribution in [0.15, 0.2) is 48.5 Å². The number of aromatic nitrogens is 3. The number of nitrogens with zero attached hydrogens (tertiary/aromatic N) is 4. The normalized spacial score (nSPS) is 16.5. The van der Waals surface area contributed by atoms with E-state index in [1.807, 2.05) is 47.4 Å². The maximum atomic E-state index is 12.7. The van der Waals surface area contributed by atoms with E-state index in [0.29, 0.717) is 24.6 Å². The number of esters is 1. The standard InChI is InChI=1S/C21H22N4O3/c1-28-21(27)17-7-3-2-6-16(17)12-15-10-11-24(13-15)20(26)14-25-22-18-8-4-5-9-19(18)23-25/h2-9,15H,10-14H2,1H3. The highest BCUT2D eigenvalue weighted by atomic mass is 16.5. The Bertz CT molecular complexity index is 981. The molecule has 0 bridgehead atoms. The second-order valence-corrected chi connectivity index (χ2v) is 7.07. The molecule has 0 saturated carbocycles. The third-order valence-electron chi connectivity index (χ3n) is 5.17.